The van der Waals surface area contributed by atoms with Crippen molar-refractivity contribution in [2.45, 2.75) is 66.0 Å². The summed E-state index contributed by atoms with van der Waals surface area (Å²) in [5, 5.41) is 7.94. The molecule has 1 aromatic heterocycles. The first-order valence-electron chi connectivity index (χ1n) is 7.53. The van der Waals surface area contributed by atoms with Crippen LogP contribution in [0.15, 0.2) is 12.3 Å². The number of nitrogens with one attached hydrogen (secondary N) is 1. The number of rotatable bonds is 10. The third kappa shape index (κ3) is 5.21. The Labute approximate surface area is 112 Å². The van der Waals surface area contributed by atoms with Crippen LogP contribution in [0.4, 0.5) is 0 Å². The summed E-state index contributed by atoms with van der Waals surface area (Å²) in [4.78, 5) is 0. The standard InChI is InChI=1S/C15H29N3/c1-4-7-8-14(6-3)12-16-13-15-9-10-17-18(15)11-5-2/h9-10,14,16H,4-8,11-13H2,1-3H3. The van der Waals surface area contributed by atoms with E-state index in [1.54, 1.807) is 0 Å². The fourth-order valence-electron chi connectivity index (χ4n) is 2.27. The highest BCUT2D eigenvalue weighted by atomic mass is 15.3. The molecule has 18 heavy (non-hydrogen) atoms. The van der Waals surface area contributed by atoms with Gasteiger partial charge in [0.25, 0.3) is 0 Å². The van der Waals surface area contributed by atoms with E-state index in [0.717, 1.165) is 32.0 Å². The van der Waals surface area contributed by atoms with E-state index in [0.29, 0.717) is 0 Å². The highest BCUT2D eigenvalue weighted by Crippen LogP contribution is 2.11. The number of unbranched alkanes of at least 4 members (excludes halogenated alkanes) is 1. The van der Waals surface area contributed by atoms with Gasteiger partial charge in [0.2, 0.25) is 0 Å². The van der Waals surface area contributed by atoms with E-state index >= 15 is 0 Å². The van der Waals surface area contributed by atoms with Gasteiger partial charge in [0.1, 0.15) is 0 Å². The first kappa shape index (κ1) is 15.2. The molecule has 0 saturated heterocycles. The first-order valence-corrected chi connectivity index (χ1v) is 7.53. The molecule has 0 bridgehead atoms. The lowest BCUT2D eigenvalue weighted by Gasteiger charge is -2.15. The van der Waals surface area contributed by atoms with Crippen LogP contribution in [-0.2, 0) is 13.1 Å². The Morgan fingerprint density at radius 3 is 2.78 bits per heavy atom. The monoisotopic (exact) mass is 251 g/mol. The fraction of sp³-hybridized carbons (Fsp3) is 0.800. The predicted molar refractivity (Wildman–Crippen MR) is 77.5 cm³/mol. The van der Waals surface area contributed by atoms with Gasteiger partial charge in [-0.25, -0.2) is 0 Å². The number of nitrogens with zero attached hydrogens (tertiary/aromatic N) is 2. The lowest BCUT2D eigenvalue weighted by atomic mass is 9.99. The van der Waals surface area contributed by atoms with Crippen molar-refractivity contribution in [1.29, 1.82) is 0 Å². The molecule has 1 aromatic rings. The molecular formula is C15H29N3. The van der Waals surface area contributed by atoms with E-state index in [1.807, 2.05) is 6.20 Å². The van der Waals surface area contributed by atoms with Gasteiger partial charge in [-0.15, -0.1) is 0 Å². The average molecular weight is 251 g/mol. The lowest BCUT2D eigenvalue weighted by Crippen LogP contribution is -2.23. The summed E-state index contributed by atoms with van der Waals surface area (Å²) in [7, 11) is 0. The van der Waals surface area contributed by atoms with E-state index in [9.17, 15) is 0 Å². The van der Waals surface area contributed by atoms with E-state index in [1.165, 1.54) is 31.4 Å². The Morgan fingerprint density at radius 2 is 2.11 bits per heavy atom. The van der Waals surface area contributed by atoms with Gasteiger partial charge in [0.15, 0.2) is 0 Å². The fourth-order valence-corrected chi connectivity index (χ4v) is 2.27. The van der Waals surface area contributed by atoms with Crippen molar-refractivity contribution >= 4 is 0 Å². The van der Waals surface area contributed by atoms with E-state index in [-0.39, 0.29) is 0 Å². The van der Waals surface area contributed by atoms with Crippen molar-refractivity contribution in [3.8, 4) is 0 Å². The zero-order valence-corrected chi connectivity index (χ0v) is 12.3. The third-order valence-corrected chi connectivity index (χ3v) is 3.52. The summed E-state index contributed by atoms with van der Waals surface area (Å²) in [5.41, 5.74) is 1.31. The number of aromatic nitrogens is 2. The maximum absolute atomic E-state index is 4.35. The van der Waals surface area contributed by atoms with Gasteiger partial charge in [-0.1, -0.05) is 40.0 Å². The summed E-state index contributed by atoms with van der Waals surface area (Å²) in [6.45, 7) is 9.86. The molecule has 0 saturated carbocycles. The molecule has 104 valence electrons. The van der Waals surface area contributed by atoms with Crippen molar-refractivity contribution in [3.05, 3.63) is 18.0 Å². The molecule has 1 N–H and O–H groups in total. The number of hydrogen-bond acceptors (Lipinski definition) is 2. The quantitative estimate of drug-likeness (QED) is 0.688. The topological polar surface area (TPSA) is 29.9 Å². The maximum atomic E-state index is 4.35. The molecule has 1 heterocycles. The zero-order valence-electron chi connectivity index (χ0n) is 12.3. The first-order chi connectivity index (χ1) is 8.81. The molecule has 0 fully saturated rings. The van der Waals surface area contributed by atoms with Gasteiger partial charge in [0, 0.05) is 19.3 Å². The van der Waals surface area contributed by atoms with Gasteiger partial charge in [-0.05, 0) is 31.4 Å². The van der Waals surface area contributed by atoms with Crippen LogP contribution < -0.4 is 5.32 Å². The van der Waals surface area contributed by atoms with Crippen molar-refractivity contribution < 1.29 is 0 Å². The molecule has 0 aliphatic carbocycles. The van der Waals surface area contributed by atoms with E-state index in [4.69, 9.17) is 0 Å². The van der Waals surface area contributed by atoms with Crippen LogP contribution in [-0.4, -0.2) is 16.3 Å². The molecule has 1 unspecified atom stereocenters. The molecule has 1 atom stereocenters. The summed E-state index contributed by atoms with van der Waals surface area (Å²) < 4.78 is 2.11. The van der Waals surface area contributed by atoms with Gasteiger partial charge < -0.3 is 5.32 Å². The van der Waals surface area contributed by atoms with Gasteiger partial charge >= 0.3 is 0 Å². The van der Waals surface area contributed by atoms with Crippen LogP contribution in [0.25, 0.3) is 0 Å². The minimum Gasteiger partial charge on any atom is -0.311 e. The summed E-state index contributed by atoms with van der Waals surface area (Å²) in [6, 6.07) is 2.12. The molecular weight excluding hydrogens is 222 g/mol. The SMILES string of the molecule is CCCCC(CC)CNCc1ccnn1CCC. The Morgan fingerprint density at radius 1 is 1.28 bits per heavy atom. The predicted octanol–water partition coefficient (Wildman–Crippen LogP) is 3.60. The van der Waals surface area contributed by atoms with Crippen LogP contribution in [0.5, 0.6) is 0 Å². The smallest absolute Gasteiger partial charge is 0.0522 e. The highest BCUT2D eigenvalue weighted by molar-refractivity contribution is 4.99. The Balaban J connectivity index is 2.28. The normalized spacial score (nSPS) is 12.8. The Hall–Kier alpha value is -0.830. The number of aryl methyl sites for hydroxylation is 1. The van der Waals surface area contributed by atoms with Gasteiger partial charge in [0.05, 0.1) is 5.69 Å². The molecule has 0 aliphatic heterocycles. The summed E-state index contributed by atoms with van der Waals surface area (Å²) in [5.74, 6) is 0.826. The van der Waals surface area contributed by atoms with Crippen molar-refractivity contribution in [1.82, 2.24) is 15.1 Å². The van der Waals surface area contributed by atoms with Crippen LogP contribution in [0.1, 0.15) is 58.6 Å². The van der Waals surface area contributed by atoms with Gasteiger partial charge in [-0.2, -0.15) is 5.10 Å². The largest absolute Gasteiger partial charge is 0.311 e. The highest BCUT2D eigenvalue weighted by Gasteiger charge is 2.06. The second-order valence-electron chi connectivity index (χ2n) is 5.09. The molecule has 0 spiro atoms. The molecule has 3 heteroatoms. The van der Waals surface area contributed by atoms with Crippen LogP contribution in [0, 0.1) is 5.92 Å². The minimum absolute atomic E-state index is 0.826. The molecule has 0 amide bonds. The molecule has 0 radical (unpaired) electrons. The van der Waals surface area contributed by atoms with Gasteiger partial charge in [-0.3, -0.25) is 4.68 Å². The molecule has 0 aromatic carbocycles. The van der Waals surface area contributed by atoms with Crippen LogP contribution in [0.3, 0.4) is 0 Å². The summed E-state index contributed by atoms with van der Waals surface area (Å²) in [6.07, 6.45) is 8.34. The van der Waals surface area contributed by atoms with Crippen molar-refractivity contribution in [3.63, 3.8) is 0 Å². The van der Waals surface area contributed by atoms with E-state index < -0.39 is 0 Å². The average Bonchev–Trinajstić information content (AvgIpc) is 2.81. The number of hydrogen-bond donors (Lipinski definition) is 1. The van der Waals surface area contributed by atoms with Crippen LogP contribution in [0.2, 0.25) is 0 Å². The third-order valence-electron chi connectivity index (χ3n) is 3.52. The minimum atomic E-state index is 0.826. The second-order valence-corrected chi connectivity index (χ2v) is 5.09. The summed E-state index contributed by atoms with van der Waals surface area (Å²) >= 11 is 0. The van der Waals surface area contributed by atoms with Crippen molar-refractivity contribution in [2.75, 3.05) is 6.54 Å². The van der Waals surface area contributed by atoms with E-state index in [2.05, 4.69) is 41.9 Å². The van der Waals surface area contributed by atoms with Crippen LogP contribution >= 0.6 is 0 Å². The molecule has 1 rings (SSSR count). The Kier molecular flexibility index (Phi) is 7.74. The Bertz CT molecular complexity index is 306. The molecule has 3 nitrogen and oxygen atoms in total. The zero-order chi connectivity index (χ0) is 13.2. The lowest BCUT2D eigenvalue weighted by molar-refractivity contribution is 0.414. The maximum Gasteiger partial charge on any atom is 0.0522 e. The van der Waals surface area contributed by atoms with Crippen molar-refractivity contribution in [2.24, 2.45) is 5.92 Å². The molecule has 0 aliphatic rings. The second kappa shape index (κ2) is 9.15.